The van der Waals surface area contributed by atoms with E-state index in [1.807, 2.05) is 13.1 Å². The second-order valence-electron chi connectivity index (χ2n) is 5.82. The first-order chi connectivity index (χ1) is 9.24. The molecule has 1 aromatic heterocycles. The molecule has 4 heteroatoms. The van der Waals surface area contributed by atoms with Crippen molar-refractivity contribution in [2.75, 3.05) is 26.9 Å². The van der Waals surface area contributed by atoms with Gasteiger partial charge in [0.25, 0.3) is 0 Å². The molecule has 1 aromatic rings. The third-order valence-corrected chi connectivity index (χ3v) is 4.56. The number of hydrogen-bond acceptors (Lipinski definition) is 4. The Bertz CT molecular complexity index is 423. The molecule has 1 spiro atoms. The van der Waals surface area contributed by atoms with Crippen LogP contribution >= 0.6 is 0 Å². The van der Waals surface area contributed by atoms with Crippen LogP contribution in [0, 0.1) is 12.8 Å². The molecule has 2 aliphatic heterocycles. The first-order valence-electron chi connectivity index (χ1n) is 7.17. The van der Waals surface area contributed by atoms with E-state index in [0.717, 1.165) is 44.8 Å². The molecule has 2 saturated heterocycles. The summed E-state index contributed by atoms with van der Waals surface area (Å²) in [5, 5.41) is 3.43. The molecule has 0 bridgehead atoms. The van der Waals surface area contributed by atoms with Crippen LogP contribution < -0.4 is 5.32 Å². The van der Waals surface area contributed by atoms with Crippen LogP contribution in [0.25, 0.3) is 0 Å². The number of hydrogen-bond donors (Lipinski definition) is 1. The van der Waals surface area contributed by atoms with Gasteiger partial charge in [-0.1, -0.05) is 0 Å². The topological polar surface area (TPSA) is 43.6 Å². The van der Waals surface area contributed by atoms with Crippen molar-refractivity contribution in [3.05, 3.63) is 23.7 Å². The molecule has 19 heavy (non-hydrogen) atoms. The molecule has 0 aromatic carbocycles. The molecular weight excluding hydrogens is 242 g/mol. The molecule has 3 rings (SSSR count). The highest BCUT2D eigenvalue weighted by Crippen LogP contribution is 2.41. The second-order valence-corrected chi connectivity index (χ2v) is 5.82. The summed E-state index contributed by atoms with van der Waals surface area (Å²) in [5.41, 5.74) is 1.18. The monoisotopic (exact) mass is 265 g/mol. The molecule has 0 saturated carbocycles. The predicted molar refractivity (Wildman–Crippen MR) is 72.1 cm³/mol. The summed E-state index contributed by atoms with van der Waals surface area (Å²) in [6.45, 7) is 4.51. The summed E-state index contributed by atoms with van der Waals surface area (Å²) in [6, 6.07) is 2.31. The summed E-state index contributed by atoms with van der Waals surface area (Å²) in [6.07, 6.45) is 4.94. The summed E-state index contributed by atoms with van der Waals surface area (Å²) >= 11 is 0. The Morgan fingerprint density at radius 1 is 1.42 bits per heavy atom. The lowest BCUT2D eigenvalue weighted by Crippen LogP contribution is -2.43. The fraction of sp³-hybridized carbons (Fsp3) is 0.733. The molecule has 3 unspecified atom stereocenters. The Hall–Kier alpha value is -0.840. The summed E-state index contributed by atoms with van der Waals surface area (Å²) < 4.78 is 17.2. The average molecular weight is 265 g/mol. The van der Waals surface area contributed by atoms with E-state index in [9.17, 15) is 0 Å². The van der Waals surface area contributed by atoms with Crippen LogP contribution in [0.4, 0.5) is 0 Å². The smallest absolute Gasteiger partial charge is 0.123 e. The summed E-state index contributed by atoms with van der Waals surface area (Å²) in [4.78, 5) is 0. The van der Waals surface area contributed by atoms with Gasteiger partial charge in [0.1, 0.15) is 5.76 Å². The van der Waals surface area contributed by atoms with Crippen LogP contribution in [-0.4, -0.2) is 32.5 Å². The minimum atomic E-state index is -0.0431. The highest BCUT2D eigenvalue weighted by molar-refractivity contribution is 5.19. The standard InChI is InChI=1S/C15H23NO3/c1-11-3-6-18-14(11)13(16-2)12-4-7-19-15(9-12)5-8-17-10-15/h3,6,12-13,16H,4-5,7-10H2,1-2H3. The maximum Gasteiger partial charge on any atom is 0.123 e. The summed E-state index contributed by atoms with van der Waals surface area (Å²) in [7, 11) is 2.01. The number of aryl methyl sites for hydroxylation is 1. The predicted octanol–water partition coefficient (Wildman–Crippen LogP) is 2.43. The Morgan fingerprint density at radius 2 is 2.32 bits per heavy atom. The van der Waals surface area contributed by atoms with E-state index in [-0.39, 0.29) is 11.6 Å². The molecule has 0 amide bonds. The average Bonchev–Trinajstić information content (AvgIpc) is 3.02. The molecule has 4 nitrogen and oxygen atoms in total. The zero-order chi connectivity index (χ0) is 13.3. The SMILES string of the molecule is CNC(c1occc1C)C1CCOC2(CCOC2)C1. The fourth-order valence-corrected chi connectivity index (χ4v) is 3.50. The van der Waals surface area contributed by atoms with Crippen LogP contribution in [0.3, 0.4) is 0 Å². The zero-order valence-electron chi connectivity index (χ0n) is 11.8. The first kappa shape index (κ1) is 13.2. The highest BCUT2D eigenvalue weighted by Gasteiger charge is 2.43. The first-order valence-corrected chi connectivity index (χ1v) is 7.17. The number of nitrogens with one attached hydrogen (secondary N) is 1. The molecular formula is C15H23NO3. The van der Waals surface area contributed by atoms with E-state index < -0.39 is 0 Å². The number of furan rings is 1. The van der Waals surface area contributed by atoms with Crippen molar-refractivity contribution in [2.45, 2.75) is 37.8 Å². The lowest BCUT2D eigenvalue weighted by molar-refractivity contribution is -0.104. The van der Waals surface area contributed by atoms with Crippen LogP contribution in [0.5, 0.6) is 0 Å². The van der Waals surface area contributed by atoms with Gasteiger partial charge in [0.15, 0.2) is 0 Å². The van der Waals surface area contributed by atoms with E-state index in [1.54, 1.807) is 6.26 Å². The third-order valence-electron chi connectivity index (χ3n) is 4.56. The van der Waals surface area contributed by atoms with Gasteiger partial charge in [-0.25, -0.2) is 0 Å². The minimum absolute atomic E-state index is 0.0431. The Labute approximate surface area is 114 Å². The van der Waals surface area contributed by atoms with E-state index >= 15 is 0 Å². The van der Waals surface area contributed by atoms with Gasteiger partial charge >= 0.3 is 0 Å². The molecule has 2 aliphatic rings. The van der Waals surface area contributed by atoms with Crippen molar-refractivity contribution in [2.24, 2.45) is 5.92 Å². The van der Waals surface area contributed by atoms with Gasteiger partial charge < -0.3 is 19.2 Å². The number of rotatable bonds is 3. The third kappa shape index (κ3) is 2.45. The highest BCUT2D eigenvalue weighted by atomic mass is 16.6. The van der Waals surface area contributed by atoms with Gasteiger partial charge in [0, 0.05) is 19.6 Å². The van der Waals surface area contributed by atoms with Crippen molar-refractivity contribution in [1.29, 1.82) is 0 Å². The Morgan fingerprint density at radius 3 is 2.95 bits per heavy atom. The van der Waals surface area contributed by atoms with E-state index in [0.29, 0.717) is 5.92 Å². The fourth-order valence-electron chi connectivity index (χ4n) is 3.50. The lowest BCUT2D eigenvalue weighted by Gasteiger charge is -2.40. The van der Waals surface area contributed by atoms with Crippen molar-refractivity contribution >= 4 is 0 Å². The van der Waals surface area contributed by atoms with Crippen molar-refractivity contribution < 1.29 is 13.9 Å². The van der Waals surface area contributed by atoms with Crippen LogP contribution in [-0.2, 0) is 9.47 Å². The maximum atomic E-state index is 6.02. The van der Waals surface area contributed by atoms with Crippen LogP contribution in [0.2, 0.25) is 0 Å². The maximum absolute atomic E-state index is 6.02. The zero-order valence-corrected chi connectivity index (χ0v) is 11.8. The molecule has 3 heterocycles. The van der Waals surface area contributed by atoms with Crippen molar-refractivity contribution in [1.82, 2.24) is 5.32 Å². The van der Waals surface area contributed by atoms with E-state index in [4.69, 9.17) is 13.9 Å². The van der Waals surface area contributed by atoms with Gasteiger partial charge in [-0.2, -0.15) is 0 Å². The van der Waals surface area contributed by atoms with Gasteiger partial charge in [0.05, 0.1) is 24.5 Å². The van der Waals surface area contributed by atoms with Gasteiger partial charge in [-0.15, -0.1) is 0 Å². The van der Waals surface area contributed by atoms with Gasteiger partial charge in [-0.05, 0) is 44.4 Å². The molecule has 0 aliphatic carbocycles. The van der Waals surface area contributed by atoms with E-state index in [2.05, 4.69) is 12.2 Å². The molecule has 3 atom stereocenters. The summed E-state index contributed by atoms with van der Waals surface area (Å²) in [5.74, 6) is 1.62. The van der Waals surface area contributed by atoms with Gasteiger partial charge in [0.2, 0.25) is 0 Å². The Balaban J connectivity index is 1.78. The van der Waals surface area contributed by atoms with E-state index in [1.165, 1.54) is 5.56 Å². The molecule has 106 valence electrons. The molecule has 2 fully saturated rings. The second kappa shape index (κ2) is 5.27. The largest absolute Gasteiger partial charge is 0.467 e. The Kier molecular flexibility index (Phi) is 3.65. The molecule has 0 radical (unpaired) electrons. The lowest BCUT2D eigenvalue weighted by atomic mass is 9.80. The van der Waals surface area contributed by atoms with Gasteiger partial charge in [-0.3, -0.25) is 0 Å². The number of ether oxygens (including phenoxy) is 2. The molecule has 1 N–H and O–H groups in total. The van der Waals surface area contributed by atoms with Crippen molar-refractivity contribution in [3.63, 3.8) is 0 Å². The quantitative estimate of drug-likeness (QED) is 0.911. The minimum Gasteiger partial charge on any atom is -0.467 e. The normalized spacial score (nSPS) is 32.8. The van der Waals surface area contributed by atoms with Crippen LogP contribution in [0.1, 0.15) is 36.6 Å². The van der Waals surface area contributed by atoms with Crippen LogP contribution in [0.15, 0.2) is 16.7 Å². The van der Waals surface area contributed by atoms with Crippen molar-refractivity contribution in [3.8, 4) is 0 Å².